The van der Waals surface area contributed by atoms with Crippen LogP contribution in [0, 0.1) is 0 Å². The summed E-state index contributed by atoms with van der Waals surface area (Å²) < 4.78 is 0. The summed E-state index contributed by atoms with van der Waals surface area (Å²) in [6.45, 7) is 4.17. The minimum Gasteiger partial charge on any atom is -0.394 e. The molecular weight excluding hydrogens is 867 g/mol. The molecule has 0 radical (unpaired) electrons. The van der Waals surface area contributed by atoms with Gasteiger partial charge in [-0.2, -0.15) is 0 Å². The fraction of sp³-hybridized carbons (Fsp3) is 0.627. The molecule has 0 saturated heterocycles. The molecule has 0 aliphatic carbocycles. The first-order valence-corrected chi connectivity index (χ1v) is 29.5. The fourth-order valence-corrected chi connectivity index (χ4v) is 8.09. The van der Waals surface area contributed by atoms with Crippen LogP contribution < -0.4 is 5.32 Å². The molecule has 4 heteroatoms. The molecule has 0 rings (SSSR count). The smallest absolute Gasteiger partial charge is 0.220 e. The van der Waals surface area contributed by atoms with Gasteiger partial charge in [0.2, 0.25) is 5.91 Å². The van der Waals surface area contributed by atoms with Crippen LogP contribution in [0.3, 0.4) is 0 Å². The molecular formula is C67H111NO3. The van der Waals surface area contributed by atoms with Crippen LogP contribution >= 0.6 is 0 Å². The number of hydrogen-bond acceptors (Lipinski definition) is 3. The standard InChI is InChI=1S/C67H111NO3/c1-3-5-7-9-11-13-15-17-19-21-23-24-25-26-27-28-29-30-31-32-33-34-35-36-37-38-39-40-41-42-43-44-45-47-49-51-53-55-57-59-61-63-67(71)68-65(64-69)66(70)62-60-58-56-54-52-50-48-46-22-20-18-16-14-12-10-8-6-4-2/h5,7,11,13,17,19,22-24,26-27,29-30,32-33,35-36,38-39,46,52,54,60,62,65-66,69-70H,3-4,6,8-10,12,14-16,18,20-21,25,28,31,34,37,40-45,47-51,53,55-59,61,63-64H2,1-2H3,(H,68,71)/b7-5-,13-11-,19-17-,24-23-,27-26-,30-29-,33-32-,36-35-,39-38-,46-22+,54-52+,62-60+. The molecule has 2 unspecified atom stereocenters. The Hall–Kier alpha value is -3.73. The van der Waals surface area contributed by atoms with Gasteiger partial charge in [-0.25, -0.2) is 0 Å². The summed E-state index contributed by atoms with van der Waals surface area (Å²) in [7, 11) is 0. The molecule has 0 aliphatic heterocycles. The van der Waals surface area contributed by atoms with Gasteiger partial charge in [-0.15, -0.1) is 0 Å². The van der Waals surface area contributed by atoms with Gasteiger partial charge in [-0.3, -0.25) is 4.79 Å². The van der Waals surface area contributed by atoms with Gasteiger partial charge >= 0.3 is 0 Å². The second-order valence-electron chi connectivity index (χ2n) is 19.3. The van der Waals surface area contributed by atoms with Crippen molar-refractivity contribution >= 4 is 5.91 Å². The summed E-state index contributed by atoms with van der Waals surface area (Å²) in [6.07, 6.45) is 95.8. The SMILES string of the molecule is CC/C=C\C/C=C\C/C=C\C/C=C\C/C=C\C/C=C\C/C=C\C/C=C\C/C=C\CCCCCCCCCCCCCCCC(=O)NC(CO)C(O)/C=C/CC/C=C/CC/C=C/CCCCCCCCCC. The second kappa shape index (κ2) is 60.6. The zero-order valence-corrected chi connectivity index (χ0v) is 46.2. The van der Waals surface area contributed by atoms with Crippen molar-refractivity contribution < 1.29 is 15.0 Å². The van der Waals surface area contributed by atoms with E-state index in [9.17, 15) is 15.0 Å². The van der Waals surface area contributed by atoms with Gasteiger partial charge < -0.3 is 15.5 Å². The van der Waals surface area contributed by atoms with Crippen LogP contribution in [0.4, 0.5) is 0 Å². The number of unbranched alkanes of at least 4 members (excludes halogenated alkanes) is 23. The first-order valence-electron chi connectivity index (χ1n) is 29.5. The molecule has 402 valence electrons. The predicted molar refractivity (Wildman–Crippen MR) is 317 cm³/mol. The minimum absolute atomic E-state index is 0.0843. The number of allylic oxidation sites excluding steroid dienone is 23. The maximum absolute atomic E-state index is 12.5. The molecule has 0 aromatic rings. The largest absolute Gasteiger partial charge is 0.394 e. The van der Waals surface area contributed by atoms with Crippen molar-refractivity contribution in [2.24, 2.45) is 0 Å². The van der Waals surface area contributed by atoms with Gasteiger partial charge in [-0.05, 0) is 116 Å². The molecule has 0 aliphatic rings. The van der Waals surface area contributed by atoms with E-state index in [0.717, 1.165) is 96.3 Å². The van der Waals surface area contributed by atoms with E-state index in [1.54, 1.807) is 6.08 Å². The van der Waals surface area contributed by atoms with Crippen LogP contribution in [-0.4, -0.2) is 34.9 Å². The summed E-state index contributed by atoms with van der Waals surface area (Å²) in [5.41, 5.74) is 0. The number of carbonyl (C=O) groups excluding carboxylic acids is 1. The lowest BCUT2D eigenvalue weighted by Gasteiger charge is -2.19. The molecule has 4 nitrogen and oxygen atoms in total. The van der Waals surface area contributed by atoms with E-state index in [-0.39, 0.29) is 12.5 Å². The Morgan fingerprint density at radius 1 is 0.352 bits per heavy atom. The maximum Gasteiger partial charge on any atom is 0.220 e. The van der Waals surface area contributed by atoms with Gasteiger partial charge in [0, 0.05) is 6.42 Å². The average molecular weight is 979 g/mol. The van der Waals surface area contributed by atoms with E-state index in [1.807, 2.05) is 6.08 Å². The van der Waals surface area contributed by atoms with Gasteiger partial charge in [-0.1, -0.05) is 275 Å². The van der Waals surface area contributed by atoms with Crippen molar-refractivity contribution in [2.45, 2.75) is 264 Å². The Labute approximate surface area is 440 Å². The third-order valence-electron chi connectivity index (χ3n) is 12.5. The lowest BCUT2D eigenvalue weighted by Crippen LogP contribution is -2.45. The average Bonchev–Trinajstić information content (AvgIpc) is 3.37. The summed E-state index contributed by atoms with van der Waals surface area (Å²) >= 11 is 0. The topological polar surface area (TPSA) is 69.6 Å². The Balaban J connectivity index is 3.61. The molecule has 2 atom stereocenters. The van der Waals surface area contributed by atoms with E-state index in [0.29, 0.717) is 6.42 Å². The van der Waals surface area contributed by atoms with Gasteiger partial charge in [0.25, 0.3) is 0 Å². The minimum atomic E-state index is -0.879. The maximum atomic E-state index is 12.5. The quantitative estimate of drug-likeness (QED) is 0.0420. The summed E-state index contributed by atoms with van der Waals surface area (Å²) in [6, 6.07) is -0.655. The number of rotatable bonds is 52. The Morgan fingerprint density at radius 3 is 0.986 bits per heavy atom. The highest BCUT2D eigenvalue weighted by Crippen LogP contribution is 2.15. The summed E-state index contributed by atoms with van der Waals surface area (Å²) in [5, 5.41) is 23.1. The van der Waals surface area contributed by atoms with Crippen LogP contribution in [0.15, 0.2) is 146 Å². The highest BCUT2D eigenvalue weighted by atomic mass is 16.3. The van der Waals surface area contributed by atoms with E-state index in [4.69, 9.17) is 0 Å². The number of carbonyl (C=O) groups is 1. The van der Waals surface area contributed by atoms with Crippen molar-refractivity contribution in [3.05, 3.63) is 146 Å². The summed E-state index contributed by atoms with van der Waals surface area (Å²) in [5.74, 6) is -0.0843. The number of aliphatic hydroxyl groups excluding tert-OH is 2. The number of amides is 1. The normalized spacial score (nSPS) is 13.9. The van der Waals surface area contributed by atoms with Crippen molar-refractivity contribution in [2.75, 3.05) is 6.61 Å². The third kappa shape index (κ3) is 57.0. The highest BCUT2D eigenvalue weighted by Gasteiger charge is 2.17. The molecule has 0 bridgehead atoms. The van der Waals surface area contributed by atoms with Crippen molar-refractivity contribution in [1.29, 1.82) is 0 Å². The van der Waals surface area contributed by atoms with E-state index in [2.05, 4.69) is 153 Å². The zero-order valence-electron chi connectivity index (χ0n) is 46.2. The first kappa shape index (κ1) is 67.3. The lowest BCUT2D eigenvalue weighted by molar-refractivity contribution is -0.123. The number of aliphatic hydroxyl groups is 2. The van der Waals surface area contributed by atoms with Gasteiger partial charge in [0.1, 0.15) is 0 Å². The second-order valence-corrected chi connectivity index (χ2v) is 19.3. The van der Waals surface area contributed by atoms with Crippen LogP contribution in [0.5, 0.6) is 0 Å². The third-order valence-corrected chi connectivity index (χ3v) is 12.5. The lowest BCUT2D eigenvalue weighted by atomic mass is 10.0. The molecule has 1 amide bonds. The number of hydrogen-bond donors (Lipinski definition) is 3. The predicted octanol–water partition coefficient (Wildman–Crippen LogP) is 20.0. The Morgan fingerprint density at radius 2 is 0.634 bits per heavy atom. The molecule has 0 spiro atoms. The van der Waals surface area contributed by atoms with Crippen molar-refractivity contribution in [3.8, 4) is 0 Å². The molecule has 71 heavy (non-hydrogen) atoms. The zero-order chi connectivity index (χ0) is 51.3. The van der Waals surface area contributed by atoms with E-state index in [1.165, 1.54) is 135 Å². The molecule has 3 N–H and O–H groups in total. The van der Waals surface area contributed by atoms with Crippen LogP contribution in [0.1, 0.15) is 251 Å². The molecule has 0 aromatic heterocycles. The first-order chi connectivity index (χ1) is 35.2. The van der Waals surface area contributed by atoms with E-state index < -0.39 is 12.1 Å². The van der Waals surface area contributed by atoms with Crippen molar-refractivity contribution in [3.63, 3.8) is 0 Å². The monoisotopic (exact) mass is 978 g/mol. The molecule has 0 fully saturated rings. The molecule has 0 aromatic carbocycles. The summed E-state index contributed by atoms with van der Waals surface area (Å²) in [4.78, 5) is 12.5. The Kier molecular flexibility index (Phi) is 57.4. The van der Waals surface area contributed by atoms with Crippen LogP contribution in [0.2, 0.25) is 0 Å². The molecule has 0 heterocycles. The molecule has 0 saturated carbocycles. The number of nitrogens with one attached hydrogen (secondary N) is 1. The van der Waals surface area contributed by atoms with Crippen LogP contribution in [-0.2, 0) is 4.79 Å². The van der Waals surface area contributed by atoms with Gasteiger partial charge in [0.15, 0.2) is 0 Å². The van der Waals surface area contributed by atoms with Crippen molar-refractivity contribution in [1.82, 2.24) is 5.32 Å². The van der Waals surface area contributed by atoms with Gasteiger partial charge in [0.05, 0.1) is 18.8 Å². The van der Waals surface area contributed by atoms with Crippen LogP contribution in [0.25, 0.3) is 0 Å². The highest BCUT2D eigenvalue weighted by molar-refractivity contribution is 5.76. The van der Waals surface area contributed by atoms with E-state index >= 15 is 0 Å². The fourth-order valence-electron chi connectivity index (χ4n) is 8.09. The Bertz CT molecular complexity index is 1480.